The van der Waals surface area contributed by atoms with Crippen LogP contribution in [0.2, 0.25) is 0 Å². The highest BCUT2D eigenvalue weighted by Gasteiger charge is 2.37. The van der Waals surface area contributed by atoms with Gasteiger partial charge >= 0.3 is 0 Å². The fourth-order valence-corrected chi connectivity index (χ4v) is 3.25. The van der Waals surface area contributed by atoms with Gasteiger partial charge in [0.05, 0.1) is 25.4 Å². The van der Waals surface area contributed by atoms with Gasteiger partial charge < -0.3 is 18.9 Å². The molecule has 0 aromatic rings. The van der Waals surface area contributed by atoms with E-state index >= 15 is 0 Å². The van der Waals surface area contributed by atoms with Gasteiger partial charge in [0.15, 0.2) is 0 Å². The maximum atomic E-state index is 5.89. The highest BCUT2D eigenvalue weighted by molar-refractivity contribution is 4.86. The summed E-state index contributed by atoms with van der Waals surface area (Å²) in [6.07, 6.45) is 4.63. The van der Waals surface area contributed by atoms with Crippen molar-refractivity contribution >= 4 is 0 Å². The lowest BCUT2D eigenvalue weighted by Gasteiger charge is -2.38. The molecule has 0 aliphatic rings. The Morgan fingerprint density at radius 2 is 1.41 bits per heavy atom. The predicted molar refractivity (Wildman–Crippen MR) is 91.3 cm³/mol. The summed E-state index contributed by atoms with van der Waals surface area (Å²) in [4.78, 5) is 0. The van der Waals surface area contributed by atoms with Crippen LogP contribution >= 0.6 is 0 Å². The predicted octanol–water partition coefficient (Wildman–Crippen LogP) is 3.78. The Morgan fingerprint density at radius 3 is 1.82 bits per heavy atom. The molecular weight excluding hydrogens is 280 g/mol. The summed E-state index contributed by atoms with van der Waals surface area (Å²) in [6.45, 7) is 8.09. The molecule has 0 spiro atoms. The fraction of sp³-hybridized carbons (Fsp3) is 1.00. The van der Waals surface area contributed by atoms with Crippen molar-refractivity contribution in [1.82, 2.24) is 0 Å². The van der Waals surface area contributed by atoms with Gasteiger partial charge in [-0.05, 0) is 12.3 Å². The average Bonchev–Trinajstić information content (AvgIpc) is 2.54. The Bertz CT molecular complexity index is 247. The maximum absolute atomic E-state index is 5.89. The number of rotatable bonds is 14. The van der Waals surface area contributed by atoms with Crippen LogP contribution in [-0.4, -0.2) is 53.9 Å². The lowest BCUT2D eigenvalue weighted by molar-refractivity contribution is -0.121. The molecule has 0 heterocycles. The van der Waals surface area contributed by atoms with Crippen molar-refractivity contribution in [2.45, 2.75) is 58.7 Å². The zero-order valence-electron chi connectivity index (χ0n) is 15.8. The zero-order chi connectivity index (χ0) is 17.0. The van der Waals surface area contributed by atoms with Crippen molar-refractivity contribution in [3.8, 4) is 0 Å². The van der Waals surface area contributed by atoms with E-state index in [1.807, 2.05) is 0 Å². The summed E-state index contributed by atoms with van der Waals surface area (Å²) in [6, 6.07) is 0. The maximum Gasteiger partial charge on any atom is 0.0888 e. The standard InChI is InChI=1S/C18H38O4/c1-8-10-11-15(12-19-4)17(21-6)18(22-7)16(13-20-5)14(3)9-2/h14-18H,8-13H2,1-7H3. The lowest BCUT2D eigenvalue weighted by Crippen LogP contribution is -2.46. The first-order valence-corrected chi connectivity index (χ1v) is 8.64. The Balaban J connectivity index is 5.19. The fourth-order valence-electron chi connectivity index (χ4n) is 3.25. The van der Waals surface area contributed by atoms with E-state index in [2.05, 4.69) is 20.8 Å². The van der Waals surface area contributed by atoms with Gasteiger partial charge in [-0.2, -0.15) is 0 Å². The van der Waals surface area contributed by atoms with Crippen molar-refractivity contribution in [3.05, 3.63) is 0 Å². The van der Waals surface area contributed by atoms with Crippen LogP contribution < -0.4 is 0 Å². The van der Waals surface area contributed by atoms with Crippen LogP contribution in [0.5, 0.6) is 0 Å². The Hall–Kier alpha value is -0.160. The first kappa shape index (κ1) is 21.8. The van der Waals surface area contributed by atoms with Crippen molar-refractivity contribution in [2.24, 2.45) is 17.8 Å². The van der Waals surface area contributed by atoms with E-state index in [9.17, 15) is 0 Å². The van der Waals surface area contributed by atoms with E-state index in [0.717, 1.165) is 12.8 Å². The van der Waals surface area contributed by atoms with E-state index < -0.39 is 0 Å². The van der Waals surface area contributed by atoms with Crippen LogP contribution in [0.1, 0.15) is 46.5 Å². The summed E-state index contributed by atoms with van der Waals surface area (Å²) in [7, 11) is 7.08. The van der Waals surface area contributed by atoms with Crippen LogP contribution in [0.4, 0.5) is 0 Å². The molecule has 4 heteroatoms. The Morgan fingerprint density at radius 1 is 0.818 bits per heavy atom. The second-order valence-electron chi connectivity index (χ2n) is 6.26. The van der Waals surface area contributed by atoms with E-state index in [1.165, 1.54) is 12.8 Å². The molecule has 0 saturated heterocycles. The molecule has 0 fully saturated rings. The molecule has 4 nitrogen and oxygen atoms in total. The normalized spacial score (nSPS) is 18.7. The largest absolute Gasteiger partial charge is 0.384 e. The smallest absolute Gasteiger partial charge is 0.0888 e. The molecule has 0 saturated carbocycles. The molecule has 5 atom stereocenters. The van der Waals surface area contributed by atoms with E-state index in [-0.39, 0.29) is 12.2 Å². The molecule has 0 aromatic heterocycles. The topological polar surface area (TPSA) is 36.9 Å². The van der Waals surface area contributed by atoms with Crippen LogP contribution in [0.25, 0.3) is 0 Å². The number of hydrogen-bond acceptors (Lipinski definition) is 4. The van der Waals surface area contributed by atoms with Crippen LogP contribution in [-0.2, 0) is 18.9 Å². The third-order valence-corrected chi connectivity index (χ3v) is 4.80. The SMILES string of the molecule is CCCCC(COC)C(OC)C(OC)C(COC)C(C)CC. The first-order valence-electron chi connectivity index (χ1n) is 8.64. The summed E-state index contributed by atoms with van der Waals surface area (Å²) in [5, 5.41) is 0. The summed E-state index contributed by atoms with van der Waals surface area (Å²) in [5.74, 6) is 1.20. The summed E-state index contributed by atoms with van der Waals surface area (Å²) < 4.78 is 22.7. The van der Waals surface area contributed by atoms with Crippen LogP contribution in [0, 0.1) is 17.8 Å². The van der Waals surface area contributed by atoms with Gasteiger partial charge in [-0.1, -0.05) is 40.0 Å². The Kier molecular flexibility index (Phi) is 13.2. The van der Waals surface area contributed by atoms with Gasteiger partial charge in [-0.3, -0.25) is 0 Å². The third-order valence-electron chi connectivity index (χ3n) is 4.80. The Labute approximate surface area is 137 Å². The molecule has 0 rings (SSSR count). The number of hydrogen-bond donors (Lipinski definition) is 0. The minimum atomic E-state index is 0.0249. The summed E-state index contributed by atoms with van der Waals surface area (Å²) in [5.41, 5.74) is 0. The van der Waals surface area contributed by atoms with Crippen molar-refractivity contribution < 1.29 is 18.9 Å². The molecule has 0 aliphatic carbocycles. The molecule has 0 aromatic carbocycles. The molecule has 0 N–H and O–H groups in total. The highest BCUT2D eigenvalue weighted by atomic mass is 16.5. The monoisotopic (exact) mass is 318 g/mol. The zero-order valence-corrected chi connectivity index (χ0v) is 15.8. The van der Waals surface area contributed by atoms with Gasteiger partial charge in [-0.25, -0.2) is 0 Å². The van der Waals surface area contributed by atoms with E-state index in [1.54, 1.807) is 28.4 Å². The molecule has 0 bridgehead atoms. The molecule has 134 valence electrons. The molecular formula is C18H38O4. The lowest BCUT2D eigenvalue weighted by atomic mass is 9.80. The van der Waals surface area contributed by atoms with Crippen molar-refractivity contribution in [2.75, 3.05) is 41.7 Å². The first-order chi connectivity index (χ1) is 10.6. The van der Waals surface area contributed by atoms with Crippen molar-refractivity contribution in [3.63, 3.8) is 0 Å². The second kappa shape index (κ2) is 13.3. The second-order valence-corrected chi connectivity index (χ2v) is 6.26. The van der Waals surface area contributed by atoms with Crippen LogP contribution in [0.15, 0.2) is 0 Å². The number of unbranched alkanes of at least 4 members (excludes halogenated alkanes) is 1. The van der Waals surface area contributed by atoms with Crippen LogP contribution in [0.3, 0.4) is 0 Å². The quantitative estimate of drug-likeness (QED) is 0.488. The van der Waals surface area contributed by atoms with Gasteiger partial charge in [0.1, 0.15) is 0 Å². The van der Waals surface area contributed by atoms with E-state index in [0.29, 0.717) is 31.0 Å². The minimum Gasteiger partial charge on any atom is -0.384 e. The average molecular weight is 318 g/mol. The molecule has 22 heavy (non-hydrogen) atoms. The van der Waals surface area contributed by atoms with Gasteiger partial charge in [0, 0.05) is 40.3 Å². The van der Waals surface area contributed by atoms with Gasteiger partial charge in [-0.15, -0.1) is 0 Å². The number of ether oxygens (including phenoxy) is 4. The minimum absolute atomic E-state index is 0.0249. The van der Waals surface area contributed by atoms with E-state index in [4.69, 9.17) is 18.9 Å². The number of methoxy groups -OCH3 is 4. The molecule has 0 radical (unpaired) electrons. The van der Waals surface area contributed by atoms with Crippen molar-refractivity contribution in [1.29, 1.82) is 0 Å². The highest BCUT2D eigenvalue weighted by Crippen LogP contribution is 2.30. The third kappa shape index (κ3) is 6.95. The molecule has 0 aliphatic heterocycles. The molecule has 5 unspecified atom stereocenters. The summed E-state index contributed by atoms with van der Waals surface area (Å²) >= 11 is 0. The van der Waals surface area contributed by atoms with Gasteiger partial charge in [0.2, 0.25) is 0 Å². The molecule has 0 amide bonds. The van der Waals surface area contributed by atoms with Gasteiger partial charge in [0.25, 0.3) is 0 Å².